The third-order valence-corrected chi connectivity index (χ3v) is 10.2. The van der Waals surface area contributed by atoms with Crippen molar-refractivity contribution in [1.29, 1.82) is 0 Å². The molecule has 1 aliphatic heterocycles. The van der Waals surface area contributed by atoms with E-state index >= 15 is 0 Å². The fourth-order valence-electron chi connectivity index (χ4n) is 5.73. The SMILES string of the molecule is CCCCC/C=C\C/C=C\C/C=C\CC1OC1CCCC(=O)OC(COC(=O)CCCCCCC/C=C\CCCCCC)COP(=O)([O-])OCC[N+](C)(C)C. The molecule has 1 saturated heterocycles. The van der Waals surface area contributed by atoms with Gasteiger partial charge >= 0.3 is 11.9 Å². The molecule has 0 bridgehead atoms. The number of ether oxygens (including phenoxy) is 3. The number of hydrogen-bond donors (Lipinski definition) is 0. The number of phosphoric acid groups is 1. The predicted molar refractivity (Wildman–Crippen MR) is 221 cm³/mol. The Kier molecular flexibility index (Phi) is 30.5. The Labute approximate surface area is 335 Å². The van der Waals surface area contributed by atoms with Gasteiger partial charge in [0.2, 0.25) is 0 Å². The van der Waals surface area contributed by atoms with Crippen LogP contribution in [-0.2, 0) is 37.4 Å². The first-order chi connectivity index (χ1) is 26.5. The van der Waals surface area contributed by atoms with Crippen LogP contribution in [0.15, 0.2) is 48.6 Å². The quantitative estimate of drug-likeness (QED) is 0.0151. The van der Waals surface area contributed by atoms with Crippen LogP contribution in [0.2, 0.25) is 0 Å². The van der Waals surface area contributed by atoms with Gasteiger partial charge in [0.05, 0.1) is 40.0 Å². The monoisotopic (exact) mass is 796 g/mol. The van der Waals surface area contributed by atoms with Gasteiger partial charge in [0.1, 0.15) is 19.8 Å². The van der Waals surface area contributed by atoms with Crippen molar-refractivity contribution in [2.24, 2.45) is 0 Å². The first kappa shape index (κ1) is 50.9. The third kappa shape index (κ3) is 33.8. The highest BCUT2D eigenvalue weighted by Gasteiger charge is 2.36. The number of carbonyl (C=O) groups is 2. The molecule has 1 aliphatic rings. The fourth-order valence-corrected chi connectivity index (χ4v) is 6.46. The van der Waals surface area contributed by atoms with Crippen molar-refractivity contribution < 1.29 is 46.8 Å². The Hall–Kier alpha value is -2.07. The van der Waals surface area contributed by atoms with Gasteiger partial charge in [0.25, 0.3) is 7.82 Å². The number of nitrogens with zero attached hydrogens (tertiary/aromatic N) is 1. The van der Waals surface area contributed by atoms with Crippen LogP contribution >= 0.6 is 7.82 Å². The maximum Gasteiger partial charge on any atom is 0.306 e. The summed E-state index contributed by atoms with van der Waals surface area (Å²) in [5, 5.41) is 0. The molecule has 0 saturated carbocycles. The van der Waals surface area contributed by atoms with E-state index in [4.69, 9.17) is 23.3 Å². The van der Waals surface area contributed by atoms with Crippen LogP contribution in [0.25, 0.3) is 0 Å². The van der Waals surface area contributed by atoms with Crippen LogP contribution in [-0.4, -0.2) is 82.2 Å². The molecule has 11 heteroatoms. The zero-order chi connectivity index (χ0) is 40.5. The number of epoxide rings is 1. The summed E-state index contributed by atoms with van der Waals surface area (Å²) >= 11 is 0. The third-order valence-electron chi connectivity index (χ3n) is 9.25. The maximum atomic E-state index is 12.7. The first-order valence-corrected chi connectivity index (χ1v) is 22.9. The van der Waals surface area contributed by atoms with Gasteiger partial charge in [-0.25, -0.2) is 0 Å². The Morgan fingerprint density at radius 3 is 1.89 bits per heavy atom. The molecule has 0 aromatic rings. The van der Waals surface area contributed by atoms with Crippen LogP contribution in [0.4, 0.5) is 0 Å². The molecule has 55 heavy (non-hydrogen) atoms. The predicted octanol–water partition coefficient (Wildman–Crippen LogP) is 10.3. The number of quaternary nitrogens is 1. The van der Waals surface area contributed by atoms with Crippen molar-refractivity contribution >= 4 is 19.8 Å². The van der Waals surface area contributed by atoms with E-state index in [1.165, 1.54) is 51.4 Å². The van der Waals surface area contributed by atoms with Crippen LogP contribution in [0.1, 0.15) is 155 Å². The Balaban J connectivity index is 2.37. The minimum Gasteiger partial charge on any atom is -0.756 e. The lowest BCUT2D eigenvalue weighted by atomic mass is 10.1. The number of hydrogen-bond acceptors (Lipinski definition) is 9. The van der Waals surface area contributed by atoms with Gasteiger partial charge in [-0.15, -0.1) is 0 Å². The zero-order valence-electron chi connectivity index (χ0n) is 35.3. The second-order valence-corrected chi connectivity index (χ2v) is 17.1. The molecule has 0 N–H and O–H groups in total. The number of likely N-dealkylation sites (N-methyl/N-ethyl adjacent to an activating group) is 1. The van der Waals surface area contributed by atoms with E-state index in [0.29, 0.717) is 23.9 Å². The van der Waals surface area contributed by atoms with E-state index in [2.05, 4.69) is 62.5 Å². The van der Waals surface area contributed by atoms with Crippen molar-refractivity contribution in [2.45, 2.75) is 173 Å². The van der Waals surface area contributed by atoms with Crippen LogP contribution in [0.5, 0.6) is 0 Å². The van der Waals surface area contributed by atoms with Gasteiger partial charge < -0.3 is 32.6 Å². The molecular weight excluding hydrogens is 717 g/mol. The van der Waals surface area contributed by atoms with E-state index in [1.807, 2.05) is 21.1 Å². The summed E-state index contributed by atoms with van der Waals surface area (Å²) in [6.07, 6.45) is 38.7. The van der Waals surface area contributed by atoms with Crippen molar-refractivity contribution in [3.8, 4) is 0 Å². The molecule has 0 aliphatic carbocycles. The number of allylic oxidation sites excluding steroid dienone is 7. The number of phosphoric ester groups is 1. The molecule has 0 radical (unpaired) electrons. The van der Waals surface area contributed by atoms with Crippen LogP contribution in [0.3, 0.4) is 0 Å². The molecule has 4 unspecified atom stereocenters. The summed E-state index contributed by atoms with van der Waals surface area (Å²) < 4.78 is 39.6. The van der Waals surface area contributed by atoms with E-state index in [0.717, 1.165) is 64.2 Å². The number of rotatable bonds is 37. The van der Waals surface area contributed by atoms with E-state index < -0.39 is 32.5 Å². The molecule has 0 aromatic carbocycles. The minimum atomic E-state index is -4.65. The summed E-state index contributed by atoms with van der Waals surface area (Å²) in [6, 6.07) is 0. The summed E-state index contributed by atoms with van der Waals surface area (Å²) in [7, 11) is 1.11. The molecular formula is C44H78NO9P. The first-order valence-electron chi connectivity index (χ1n) is 21.5. The van der Waals surface area contributed by atoms with Crippen molar-refractivity contribution in [3.63, 3.8) is 0 Å². The van der Waals surface area contributed by atoms with Gasteiger partial charge in [0.15, 0.2) is 6.10 Å². The standard InChI is InChI=1S/C44H78NO9P/c1-6-8-10-12-14-16-18-20-22-24-26-28-30-34-43(46)50-38-40(39-52-55(48,49)51-37-36-45(3,4)5)53-44(47)35-31-33-42-41(54-42)32-29-27-25-23-21-19-17-15-13-11-9-7-2/h15-18,21,23,27,29,40-42H,6-14,19-20,22,24-26,28,30-39H2,1-5H3/b17-15-,18-16-,23-21-,29-27-. The van der Waals surface area contributed by atoms with E-state index in [1.54, 1.807) is 0 Å². The lowest BCUT2D eigenvalue weighted by Crippen LogP contribution is -2.37. The number of carbonyl (C=O) groups excluding carboxylic acids is 2. The fraction of sp³-hybridized carbons (Fsp3) is 0.773. The molecule has 318 valence electrons. The van der Waals surface area contributed by atoms with Gasteiger partial charge in [-0.3, -0.25) is 14.2 Å². The topological polar surface area (TPSA) is 124 Å². The summed E-state index contributed by atoms with van der Waals surface area (Å²) in [5.41, 5.74) is 0. The second kappa shape index (κ2) is 33.0. The Morgan fingerprint density at radius 1 is 0.673 bits per heavy atom. The molecule has 4 atom stereocenters. The molecule has 0 spiro atoms. The van der Waals surface area contributed by atoms with E-state index in [9.17, 15) is 19.0 Å². The van der Waals surface area contributed by atoms with Crippen molar-refractivity contribution in [2.75, 3.05) is 47.5 Å². The average molecular weight is 796 g/mol. The highest BCUT2D eigenvalue weighted by Crippen LogP contribution is 2.38. The average Bonchev–Trinajstić information content (AvgIpc) is 3.88. The normalized spacial score (nSPS) is 17.8. The zero-order valence-corrected chi connectivity index (χ0v) is 36.2. The Bertz CT molecular complexity index is 1150. The van der Waals surface area contributed by atoms with Crippen LogP contribution < -0.4 is 4.89 Å². The van der Waals surface area contributed by atoms with Gasteiger partial charge in [0, 0.05) is 12.8 Å². The van der Waals surface area contributed by atoms with Crippen molar-refractivity contribution in [3.05, 3.63) is 48.6 Å². The second-order valence-electron chi connectivity index (χ2n) is 15.7. The van der Waals surface area contributed by atoms with Gasteiger partial charge in [-0.1, -0.05) is 114 Å². The molecule has 1 rings (SSSR count). The molecule has 1 fully saturated rings. The molecule has 0 amide bonds. The highest BCUT2D eigenvalue weighted by atomic mass is 31.2. The summed E-state index contributed by atoms with van der Waals surface area (Å²) in [5.74, 6) is -0.925. The summed E-state index contributed by atoms with van der Waals surface area (Å²) in [6.45, 7) is 4.07. The lowest BCUT2D eigenvalue weighted by molar-refractivity contribution is -0.870. The summed E-state index contributed by atoms with van der Waals surface area (Å²) in [4.78, 5) is 37.6. The molecule has 0 aromatic heterocycles. The maximum absolute atomic E-state index is 12.7. The smallest absolute Gasteiger partial charge is 0.306 e. The van der Waals surface area contributed by atoms with Crippen molar-refractivity contribution in [1.82, 2.24) is 0 Å². The number of esters is 2. The largest absolute Gasteiger partial charge is 0.756 e. The molecule has 10 nitrogen and oxygen atoms in total. The van der Waals surface area contributed by atoms with Crippen LogP contribution in [0, 0.1) is 0 Å². The Morgan fingerprint density at radius 2 is 1.22 bits per heavy atom. The lowest BCUT2D eigenvalue weighted by Gasteiger charge is -2.28. The minimum absolute atomic E-state index is 0.0479. The number of unbranched alkanes of at least 4 members (excludes halogenated alkanes) is 12. The molecule has 1 heterocycles. The van der Waals surface area contributed by atoms with Gasteiger partial charge in [-0.2, -0.15) is 0 Å². The van der Waals surface area contributed by atoms with E-state index in [-0.39, 0.29) is 38.3 Å². The highest BCUT2D eigenvalue weighted by molar-refractivity contribution is 7.45. The van der Waals surface area contributed by atoms with Gasteiger partial charge in [-0.05, 0) is 77.0 Å².